The molecule has 1 heterocycles. The molecule has 5 heteroatoms. The topological polar surface area (TPSA) is 59.0 Å². The Balaban J connectivity index is 1.90. The van der Waals surface area contributed by atoms with E-state index >= 15 is 0 Å². The van der Waals surface area contributed by atoms with E-state index in [0.29, 0.717) is 12.6 Å². The maximum atomic E-state index is 11.8. The van der Waals surface area contributed by atoms with Gasteiger partial charge in [-0.25, -0.2) is 0 Å². The molecule has 0 saturated heterocycles. The van der Waals surface area contributed by atoms with E-state index in [9.17, 15) is 4.79 Å². The Morgan fingerprint density at radius 3 is 2.80 bits per heavy atom. The highest BCUT2D eigenvalue weighted by atomic mass is 16.2. The number of nitrogens with one attached hydrogen (secondary N) is 2. The van der Waals surface area contributed by atoms with Gasteiger partial charge in [0.15, 0.2) is 0 Å². The quantitative estimate of drug-likeness (QED) is 0.711. The molecule has 1 saturated carbocycles. The normalized spacial score (nSPS) is 14.6. The molecule has 1 amide bonds. The summed E-state index contributed by atoms with van der Waals surface area (Å²) in [5.74, 6) is 0.0470. The van der Waals surface area contributed by atoms with Crippen LogP contribution in [0.5, 0.6) is 0 Å². The molecule has 0 spiro atoms. The fourth-order valence-electron chi connectivity index (χ4n) is 2.27. The van der Waals surface area contributed by atoms with E-state index in [2.05, 4.69) is 22.7 Å². The van der Waals surface area contributed by atoms with Gasteiger partial charge in [-0.2, -0.15) is 5.10 Å². The fraction of sp³-hybridized carbons (Fsp3) is 0.733. The SMILES string of the molecule is CCCCNC(=O)Cn1nc(C)c(CNC2CC2)c1C. The minimum Gasteiger partial charge on any atom is -0.354 e. The van der Waals surface area contributed by atoms with Crippen LogP contribution in [0.15, 0.2) is 0 Å². The van der Waals surface area contributed by atoms with Gasteiger partial charge >= 0.3 is 0 Å². The Morgan fingerprint density at radius 1 is 1.40 bits per heavy atom. The van der Waals surface area contributed by atoms with Crippen LogP contribution in [0.3, 0.4) is 0 Å². The average Bonchev–Trinajstić information content (AvgIpc) is 3.18. The number of amides is 1. The summed E-state index contributed by atoms with van der Waals surface area (Å²) in [4.78, 5) is 11.8. The summed E-state index contributed by atoms with van der Waals surface area (Å²) >= 11 is 0. The Hall–Kier alpha value is -1.36. The summed E-state index contributed by atoms with van der Waals surface area (Å²) in [6, 6.07) is 0.689. The first-order valence-electron chi connectivity index (χ1n) is 7.64. The average molecular weight is 278 g/mol. The van der Waals surface area contributed by atoms with Crippen molar-refractivity contribution in [1.82, 2.24) is 20.4 Å². The van der Waals surface area contributed by atoms with Crippen LogP contribution in [-0.4, -0.2) is 28.3 Å². The zero-order valence-corrected chi connectivity index (χ0v) is 12.8. The first-order valence-corrected chi connectivity index (χ1v) is 7.64. The highest BCUT2D eigenvalue weighted by Crippen LogP contribution is 2.20. The maximum Gasteiger partial charge on any atom is 0.241 e. The number of unbranched alkanes of at least 4 members (excludes halogenated alkanes) is 1. The molecule has 0 aromatic carbocycles. The second kappa shape index (κ2) is 6.88. The third-order valence-corrected chi connectivity index (χ3v) is 3.82. The van der Waals surface area contributed by atoms with Gasteiger partial charge in [0.05, 0.1) is 5.69 Å². The van der Waals surface area contributed by atoms with Crippen LogP contribution >= 0.6 is 0 Å². The van der Waals surface area contributed by atoms with E-state index in [1.165, 1.54) is 18.4 Å². The van der Waals surface area contributed by atoms with Crippen molar-refractivity contribution in [1.29, 1.82) is 0 Å². The highest BCUT2D eigenvalue weighted by Gasteiger charge is 2.22. The van der Waals surface area contributed by atoms with Crippen molar-refractivity contribution < 1.29 is 4.79 Å². The van der Waals surface area contributed by atoms with Crippen molar-refractivity contribution >= 4 is 5.91 Å². The summed E-state index contributed by atoms with van der Waals surface area (Å²) in [6.07, 6.45) is 4.69. The van der Waals surface area contributed by atoms with Crippen molar-refractivity contribution in [3.8, 4) is 0 Å². The molecule has 1 aliphatic carbocycles. The van der Waals surface area contributed by atoms with Crippen LogP contribution in [0.1, 0.15) is 49.6 Å². The van der Waals surface area contributed by atoms with Crippen LogP contribution < -0.4 is 10.6 Å². The number of rotatable bonds is 8. The van der Waals surface area contributed by atoms with E-state index in [0.717, 1.165) is 37.3 Å². The van der Waals surface area contributed by atoms with Crippen molar-refractivity contribution in [3.63, 3.8) is 0 Å². The lowest BCUT2D eigenvalue weighted by molar-refractivity contribution is -0.121. The van der Waals surface area contributed by atoms with Gasteiger partial charge in [-0.1, -0.05) is 13.3 Å². The van der Waals surface area contributed by atoms with Crippen LogP contribution in [0.2, 0.25) is 0 Å². The first kappa shape index (κ1) is 15.0. The van der Waals surface area contributed by atoms with Gasteiger partial charge in [0.1, 0.15) is 6.54 Å². The molecule has 1 aromatic heterocycles. The van der Waals surface area contributed by atoms with E-state index in [1.54, 1.807) is 0 Å². The predicted octanol–water partition coefficient (Wildman–Crippen LogP) is 1.67. The first-order chi connectivity index (χ1) is 9.61. The molecular formula is C15H26N4O. The van der Waals surface area contributed by atoms with Gasteiger partial charge in [-0.05, 0) is 33.1 Å². The number of hydrogen-bond acceptors (Lipinski definition) is 3. The molecule has 1 aromatic rings. The largest absolute Gasteiger partial charge is 0.354 e. The standard InChI is InChI=1S/C15H26N4O/c1-4-5-8-16-15(20)10-19-12(3)14(11(2)18-19)9-17-13-6-7-13/h13,17H,4-10H2,1-3H3,(H,16,20). The van der Waals surface area contributed by atoms with Crippen LogP contribution in [0, 0.1) is 13.8 Å². The number of hydrogen-bond donors (Lipinski definition) is 2. The Kier molecular flexibility index (Phi) is 5.17. The molecule has 1 aliphatic rings. The third-order valence-electron chi connectivity index (χ3n) is 3.82. The van der Waals surface area contributed by atoms with Gasteiger partial charge in [-0.3, -0.25) is 9.48 Å². The maximum absolute atomic E-state index is 11.8. The second-order valence-corrected chi connectivity index (χ2v) is 5.67. The number of carbonyl (C=O) groups is 1. The number of aromatic nitrogens is 2. The van der Waals surface area contributed by atoms with Crippen LogP contribution in [-0.2, 0) is 17.9 Å². The summed E-state index contributed by atoms with van der Waals surface area (Å²) < 4.78 is 1.82. The summed E-state index contributed by atoms with van der Waals surface area (Å²) in [5.41, 5.74) is 3.36. The smallest absolute Gasteiger partial charge is 0.241 e. The van der Waals surface area contributed by atoms with E-state index in [4.69, 9.17) is 0 Å². The monoisotopic (exact) mass is 278 g/mol. The molecule has 0 atom stereocenters. The number of carbonyl (C=O) groups excluding carboxylic acids is 1. The predicted molar refractivity (Wildman–Crippen MR) is 79.5 cm³/mol. The Morgan fingerprint density at radius 2 is 2.15 bits per heavy atom. The lowest BCUT2D eigenvalue weighted by Crippen LogP contribution is -2.29. The van der Waals surface area contributed by atoms with Gasteiger partial charge in [0.25, 0.3) is 0 Å². The number of aryl methyl sites for hydroxylation is 1. The van der Waals surface area contributed by atoms with Gasteiger partial charge in [-0.15, -0.1) is 0 Å². The molecule has 0 bridgehead atoms. The summed E-state index contributed by atoms with van der Waals surface area (Å²) in [7, 11) is 0. The Bertz CT molecular complexity index is 463. The van der Waals surface area contributed by atoms with Crippen molar-refractivity contribution in [2.24, 2.45) is 0 Å². The lowest BCUT2D eigenvalue weighted by atomic mass is 10.2. The summed E-state index contributed by atoms with van der Waals surface area (Å²) in [5, 5.41) is 10.9. The summed E-state index contributed by atoms with van der Waals surface area (Å²) in [6.45, 7) is 8.11. The van der Waals surface area contributed by atoms with E-state index in [1.807, 2.05) is 18.5 Å². The van der Waals surface area contributed by atoms with Gasteiger partial charge < -0.3 is 10.6 Å². The van der Waals surface area contributed by atoms with E-state index in [-0.39, 0.29) is 5.91 Å². The molecule has 0 aliphatic heterocycles. The van der Waals surface area contributed by atoms with Crippen molar-refractivity contribution in [2.45, 2.75) is 65.6 Å². The molecule has 2 N–H and O–H groups in total. The fourth-order valence-corrected chi connectivity index (χ4v) is 2.27. The molecule has 1 fully saturated rings. The third kappa shape index (κ3) is 4.07. The lowest BCUT2D eigenvalue weighted by Gasteiger charge is -2.07. The molecule has 5 nitrogen and oxygen atoms in total. The van der Waals surface area contributed by atoms with Crippen molar-refractivity contribution in [2.75, 3.05) is 6.54 Å². The highest BCUT2D eigenvalue weighted by molar-refractivity contribution is 5.75. The van der Waals surface area contributed by atoms with Crippen molar-refractivity contribution in [3.05, 3.63) is 17.0 Å². The van der Waals surface area contributed by atoms with Crippen LogP contribution in [0.25, 0.3) is 0 Å². The van der Waals surface area contributed by atoms with Gasteiger partial charge in [0, 0.05) is 30.4 Å². The molecule has 0 unspecified atom stereocenters. The van der Waals surface area contributed by atoms with E-state index < -0.39 is 0 Å². The number of nitrogens with zero attached hydrogens (tertiary/aromatic N) is 2. The Labute approximate surface area is 121 Å². The minimum absolute atomic E-state index is 0.0470. The molecule has 20 heavy (non-hydrogen) atoms. The molecule has 0 radical (unpaired) electrons. The zero-order chi connectivity index (χ0) is 14.5. The molecule has 2 rings (SSSR count). The second-order valence-electron chi connectivity index (χ2n) is 5.67. The van der Waals surface area contributed by atoms with Crippen LogP contribution in [0.4, 0.5) is 0 Å². The minimum atomic E-state index is 0.0470. The van der Waals surface area contributed by atoms with Gasteiger partial charge in [0.2, 0.25) is 5.91 Å². The molecule has 112 valence electrons. The molecular weight excluding hydrogens is 252 g/mol. The zero-order valence-electron chi connectivity index (χ0n) is 12.8.